The van der Waals surface area contributed by atoms with Gasteiger partial charge in [-0.05, 0) is 20.8 Å². The van der Waals surface area contributed by atoms with Crippen LogP contribution >= 0.6 is 0 Å². The molecule has 2 aliphatic rings. The molecule has 2 aliphatic heterocycles. The molecule has 2 atom stereocenters. The highest BCUT2D eigenvalue weighted by atomic mass is 32.2. The van der Waals surface area contributed by atoms with Crippen LogP contribution in [0, 0.1) is 6.92 Å². The molecule has 3 heterocycles. The van der Waals surface area contributed by atoms with Crippen molar-refractivity contribution in [2.75, 3.05) is 31.1 Å². The Morgan fingerprint density at radius 1 is 1.31 bits per heavy atom. The summed E-state index contributed by atoms with van der Waals surface area (Å²) in [5.74, 6) is -0.0425. The Morgan fingerprint density at radius 2 is 2.00 bits per heavy atom. The molecule has 26 heavy (non-hydrogen) atoms. The van der Waals surface area contributed by atoms with Gasteiger partial charge in [0.25, 0.3) is 11.5 Å². The number of hydrogen-bond acceptors (Lipinski definition) is 6. The fraction of sp³-hybridized carbons (Fsp3) is 0.588. The number of sulfone groups is 1. The second-order valence-electron chi connectivity index (χ2n) is 7.20. The third-order valence-electron chi connectivity index (χ3n) is 4.94. The summed E-state index contributed by atoms with van der Waals surface area (Å²) in [7, 11) is -3.22. The fourth-order valence-corrected chi connectivity index (χ4v) is 5.61. The number of carbonyl (C=O) groups is 1. The van der Waals surface area contributed by atoms with Crippen molar-refractivity contribution in [3.05, 3.63) is 39.6 Å². The number of aromatic nitrogens is 2. The molecule has 0 saturated carbocycles. The van der Waals surface area contributed by atoms with E-state index in [9.17, 15) is 18.0 Å². The molecule has 142 valence electrons. The van der Waals surface area contributed by atoms with E-state index >= 15 is 0 Å². The average Bonchev–Trinajstić information content (AvgIpc) is 2.87. The van der Waals surface area contributed by atoms with Crippen LogP contribution in [0.2, 0.25) is 0 Å². The van der Waals surface area contributed by atoms with Gasteiger partial charge in [0, 0.05) is 31.9 Å². The molecule has 0 unspecified atom stereocenters. The first-order chi connectivity index (χ1) is 12.2. The molecule has 0 bridgehead atoms. The van der Waals surface area contributed by atoms with E-state index in [-0.39, 0.29) is 23.1 Å². The molecule has 0 aliphatic carbocycles. The monoisotopic (exact) mass is 380 g/mol. The van der Waals surface area contributed by atoms with Crippen LogP contribution < -0.4 is 5.56 Å². The molecule has 0 aromatic carbocycles. The third-order valence-corrected chi connectivity index (χ3v) is 6.64. The number of aromatic amines is 1. The minimum atomic E-state index is -3.22. The van der Waals surface area contributed by atoms with Gasteiger partial charge in [0.1, 0.15) is 11.4 Å². The summed E-state index contributed by atoms with van der Waals surface area (Å²) in [6.07, 6.45) is 3.33. The van der Waals surface area contributed by atoms with Gasteiger partial charge in [-0.25, -0.2) is 13.4 Å². The van der Waals surface area contributed by atoms with Crippen LogP contribution in [0.4, 0.5) is 0 Å². The average molecular weight is 380 g/mol. The molecule has 3 rings (SSSR count). The standard InChI is InChI=1S/C17H24N4O4S/c1-11(2)4-5-20-6-7-21(15-10-26(24,25)9-14(15)20)17(23)13-8-18-12(3)19-16(13)22/h4,8,14-15H,5-7,9-10H2,1-3H3,(H,18,19,22)/t14-,15+/m1/s1. The largest absolute Gasteiger partial charge is 0.332 e. The third kappa shape index (κ3) is 3.73. The van der Waals surface area contributed by atoms with Gasteiger partial charge in [0.15, 0.2) is 9.84 Å². The Balaban J connectivity index is 1.89. The van der Waals surface area contributed by atoms with E-state index in [2.05, 4.69) is 20.9 Å². The number of nitrogens with zero attached hydrogens (tertiary/aromatic N) is 3. The van der Waals surface area contributed by atoms with Gasteiger partial charge in [-0.3, -0.25) is 14.5 Å². The van der Waals surface area contributed by atoms with Crippen LogP contribution in [0.15, 0.2) is 22.6 Å². The number of hydrogen-bond donors (Lipinski definition) is 1. The zero-order valence-electron chi connectivity index (χ0n) is 15.2. The van der Waals surface area contributed by atoms with Gasteiger partial charge < -0.3 is 9.88 Å². The zero-order valence-corrected chi connectivity index (χ0v) is 16.0. The van der Waals surface area contributed by atoms with Crippen LogP contribution in [0.5, 0.6) is 0 Å². The number of rotatable bonds is 3. The number of allylic oxidation sites excluding steroid dienone is 1. The second kappa shape index (κ2) is 6.96. The Kier molecular flexibility index (Phi) is 5.03. The molecule has 8 nitrogen and oxygen atoms in total. The first-order valence-electron chi connectivity index (χ1n) is 8.62. The van der Waals surface area contributed by atoms with Crippen LogP contribution in [0.1, 0.15) is 30.0 Å². The molecule has 9 heteroatoms. The number of piperazine rings is 1. The number of carbonyl (C=O) groups excluding carboxylic acids is 1. The lowest BCUT2D eigenvalue weighted by Crippen LogP contribution is -2.61. The molecule has 0 radical (unpaired) electrons. The summed E-state index contributed by atoms with van der Waals surface area (Å²) in [4.78, 5) is 35.2. The Morgan fingerprint density at radius 3 is 2.65 bits per heavy atom. The normalized spacial score (nSPS) is 25.0. The van der Waals surface area contributed by atoms with Crippen molar-refractivity contribution in [2.24, 2.45) is 0 Å². The summed E-state index contributed by atoms with van der Waals surface area (Å²) < 4.78 is 24.5. The van der Waals surface area contributed by atoms with Crippen LogP contribution in [0.25, 0.3) is 0 Å². The van der Waals surface area contributed by atoms with E-state index in [0.717, 1.165) is 5.57 Å². The summed E-state index contributed by atoms with van der Waals surface area (Å²) in [5.41, 5.74) is 0.626. The first kappa shape index (κ1) is 18.8. The van der Waals surface area contributed by atoms with Gasteiger partial charge in [-0.15, -0.1) is 0 Å². The second-order valence-corrected chi connectivity index (χ2v) is 9.35. The number of aryl methyl sites for hydroxylation is 1. The maximum atomic E-state index is 12.9. The quantitative estimate of drug-likeness (QED) is 0.739. The predicted octanol–water partition coefficient (Wildman–Crippen LogP) is -0.0321. The SMILES string of the molecule is CC(C)=CCN1CCN(C(=O)c2cnc(C)[nH]c2=O)[C@H]2CS(=O)(=O)C[C@H]21. The smallest absolute Gasteiger partial charge is 0.263 e. The molecule has 1 aromatic rings. The lowest BCUT2D eigenvalue weighted by Gasteiger charge is -2.43. The lowest BCUT2D eigenvalue weighted by atomic mass is 10.0. The van der Waals surface area contributed by atoms with Gasteiger partial charge >= 0.3 is 0 Å². The highest BCUT2D eigenvalue weighted by Gasteiger charge is 2.48. The minimum absolute atomic E-state index is 0.0422. The van der Waals surface area contributed by atoms with Crippen LogP contribution in [0.3, 0.4) is 0 Å². The van der Waals surface area contributed by atoms with E-state index in [1.54, 1.807) is 6.92 Å². The van der Waals surface area contributed by atoms with E-state index < -0.39 is 27.3 Å². The number of fused-ring (bicyclic) bond motifs is 1. The van der Waals surface area contributed by atoms with E-state index in [1.807, 2.05) is 13.8 Å². The molecule has 2 saturated heterocycles. The summed E-state index contributed by atoms with van der Waals surface area (Å²) in [5, 5.41) is 0. The van der Waals surface area contributed by atoms with Gasteiger partial charge in [-0.2, -0.15) is 0 Å². The lowest BCUT2D eigenvalue weighted by molar-refractivity contribution is 0.0366. The van der Waals surface area contributed by atoms with E-state index in [0.29, 0.717) is 25.5 Å². The summed E-state index contributed by atoms with van der Waals surface area (Å²) in [6.45, 7) is 7.26. The highest BCUT2D eigenvalue weighted by Crippen LogP contribution is 2.27. The van der Waals surface area contributed by atoms with E-state index in [4.69, 9.17) is 0 Å². The molecule has 0 spiro atoms. The van der Waals surface area contributed by atoms with Crippen LogP contribution in [-0.2, 0) is 9.84 Å². The van der Waals surface area contributed by atoms with Crippen molar-refractivity contribution in [3.8, 4) is 0 Å². The van der Waals surface area contributed by atoms with Crippen molar-refractivity contribution in [1.29, 1.82) is 0 Å². The number of amides is 1. The minimum Gasteiger partial charge on any atom is -0.332 e. The number of nitrogens with one attached hydrogen (secondary N) is 1. The summed E-state index contributed by atoms with van der Waals surface area (Å²) in [6, 6.07) is -0.682. The first-order valence-corrected chi connectivity index (χ1v) is 10.4. The molecular formula is C17H24N4O4S. The van der Waals surface area contributed by atoms with E-state index in [1.165, 1.54) is 11.1 Å². The van der Waals surface area contributed by atoms with Crippen molar-refractivity contribution >= 4 is 15.7 Å². The maximum Gasteiger partial charge on any atom is 0.263 e. The molecular weight excluding hydrogens is 356 g/mol. The van der Waals surface area contributed by atoms with Crippen molar-refractivity contribution in [3.63, 3.8) is 0 Å². The van der Waals surface area contributed by atoms with Crippen molar-refractivity contribution in [1.82, 2.24) is 19.8 Å². The van der Waals surface area contributed by atoms with Crippen molar-refractivity contribution in [2.45, 2.75) is 32.9 Å². The predicted molar refractivity (Wildman–Crippen MR) is 97.9 cm³/mol. The maximum absolute atomic E-state index is 12.9. The topological polar surface area (TPSA) is 103 Å². The highest BCUT2D eigenvalue weighted by molar-refractivity contribution is 7.91. The fourth-order valence-electron chi connectivity index (χ4n) is 3.59. The Bertz CT molecular complexity index is 902. The van der Waals surface area contributed by atoms with Gasteiger partial charge in [-0.1, -0.05) is 11.6 Å². The molecule has 2 fully saturated rings. The van der Waals surface area contributed by atoms with Gasteiger partial charge in [0.2, 0.25) is 0 Å². The molecule has 1 amide bonds. The Hall–Kier alpha value is -2.00. The summed E-state index contributed by atoms with van der Waals surface area (Å²) >= 11 is 0. The van der Waals surface area contributed by atoms with Crippen LogP contribution in [-0.4, -0.2) is 77.3 Å². The zero-order chi connectivity index (χ0) is 19.1. The van der Waals surface area contributed by atoms with Gasteiger partial charge in [0.05, 0.1) is 17.5 Å². The molecule has 1 N–H and O–H groups in total. The Labute approximate surface area is 152 Å². The molecule has 1 aromatic heterocycles. The number of H-pyrrole nitrogens is 1. The van der Waals surface area contributed by atoms with Crippen molar-refractivity contribution < 1.29 is 13.2 Å².